The Kier molecular flexibility index (Phi) is 3.84. The van der Waals surface area contributed by atoms with E-state index >= 15 is 0 Å². The van der Waals surface area contributed by atoms with Gasteiger partial charge in [-0.3, -0.25) is 9.69 Å². The van der Waals surface area contributed by atoms with Gasteiger partial charge in [0.15, 0.2) is 0 Å². The van der Waals surface area contributed by atoms with Gasteiger partial charge in [0.1, 0.15) is 0 Å². The average Bonchev–Trinajstić information content (AvgIpc) is 3.09. The minimum absolute atomic E-state index is 0.0124. The molecule has 4 saturated carbocycles. The minimum atomic E-state index is 0.0124. The lowest BCUT2D eigenvalue weighted by molar-refractivity contribution is -0.159. The second-order valence-electron chi connectivity index (χ2n) is 9.97. The van der Waals surface area contributed by atoms with Crippen LogP contribution in [-0.2, 0) is 11.3 Å². The number of aromatic nitrogens is 2. The van der Waals surface area contributed by atoms with E-state index in [1.54, 1.807) is 0 Å². The second kappa shape index (κ2) is 6.31. The van der Waals surface area contributed by atoms with Crippen molar-refractivity contribution in [1.29, 1.82) is 0 Å². The molecule has 4 aliphatic carbocycles. The molecule has 0 aromatic carbocycles. The molecule has 1 saturated heterocycles. The third-order valence-corrected chi connectivity index (χ3v) is 7.96. The standard InChI is InChI=1S/C23H30N4O/c28-22(23-13-17-9-18(14-23)11-19(10-17)15-23)26-7-5-25(6-8-26)16-20-12-21-3-1-2-4-27(21)24-20/h1-4,12,17-19H,5-11,13-16H2. The van der Waals surface area contributed by atoms with Gasteiger partial charge in [0.25, 0.3) is 0 Å². The van der Waals surface area contributed by atoms with Crippen LogP contribution in [0.15, 0.2) is 30.5 Å². The van der Waals surface area contributed by atoms with Crippen LogP contribution in [0.5, 0.6) is 0 Å². The zero-order valence-corrected chi connectivity index (χ0v) is 16.6. The van der Waals surface area contributed by atoms with E-state index in [2.05, 4.69) is 33.1 Å². The molecular formula is C23H30N4O. The van der Waals surface area contributed by atoms with Crippen LogP contribution in [-0.4, -0.2) is 51.5 Å². The van der Waals surface area contributed by atoms with Gasteiger partial charge in [-0.2, -0.15) is 5.10 Å². The van der Waals surface area contributed by atoms with E-state index in [0.717, 1.165) is 61.7 Å². The first-order valence-electron chi connectivity index (χ1n) is 11.1. The van der Waals surface area contributed by atoms with Crippen molar-refractivity contribution < 1.29 is 4.79 Å². The van der Waals surface area contributed by atoms with Crippen LogP contribution in [0.25, 0.3) is 5.52 Å². The number of amides is 1. The molecule has 148 valence electrons. The molecule has 0 radical (unpaired) electrons. The van der Waals surface area contributed by atoms with Crippen molar-refractivity contribution in [2.45, 2.75) is 45.1 Å². The fourth-order valence-electron chi connectivity index (χ4n) is 7.11. The predicted molar refractivity (Wildman–Crippen MR) is 108 cm³/mol. The van der Waals surface area contributed by atoms with Crippen LogP contribution < -0.4 is 0 Å². The van der Waals surface area contributed by atoms with E-state index in [9.17, 15) is 4.79 Å². The fraction of sp³-hybridized carbons (Fsp3) is 0.652. The highest BCUT2D eigenvalue weighted by molar-refractivity contribution is 5.83. The molecule has 5 aliphatic rings. The van der Waals surface area contributed by atoms with Gasteiger partial charge in [-0.05, 0) is 74.5 Å². The van der Waals surface area contributed by atoms with Crippen molar-refractivity contribution in [1.82, 2.24) is 19.4 Å². The molecule has 2 aromatic heterocycles. The third-order valence-electron chi connectivity index (χ3n) is 7.96. The lowest BCUT2D eigenvalue weighted by atomic mass is 9.49. The Labute approximate surface area is 166 Å². The monoisotopic (exact) mass is 378 g/mol. The van der Waals surface area contributed by atoms with Gasteiger partial charge in [0, 0.05) is 38.9 Å². The molecule has 1 aliphatic heterocycles. The van der Waals surface area contributed by atoms with Crippen molar-refractivity contribution in [3.05, 3.63) is 36.2 Å². The van der Waals surface area contributed by atoms with Gasteiger partial charge < -0.3 is 4.90 Å². The number of hydrogen-bond donors (Lipinski definition) is 0. The Morgan fingerprint density at radius 3 is 2.32 bits per heavy atom. The zero-order chi connectivity index (χ0) is 18.7. The number of pyridine rings is 1. The molecule has 2 aromatic rings. The largest absolute Gasteiger partial charge is 0.340 e. The van der Waals surface area contributed by atoms with E-state index in [1.807, 2.05) is 16.8 Å². The molecule has 0 spiro atoms. The molecule has 5 heteroatoms. The van der Waals surface area contributed by atoms with Crippen molar-refractivity contribution in [3.63, 3.8) is 0 Å². The summed E-state index contributed by atoms with van der Waals surface area (Å²) < 4.78 is 1.95. The molecule has 5 fully saturated rings. The summed E-state index contributed by atoms with van der Waals surface area (Å²) in [6, 6.07) is 8.33. The summed E-state index contributed by atoms with van der Waals surface area (Å²) in [5.74, 6) is 3.02. The van der Waals surface area contributed by atoms with Crippen LogP contribution >= 0.6 is 0 Å². The number of nitrogens with zero attached hydrogens (tertiary/aromatic N) is 4. The normalized spacial score (nSPS) is 35.0. The molecule has 1 amide bonds. The summed E-state index contributed by atoms with van der Waals surface area (Å²) in [4.78, 5) is 18.2. The van der Waals surface area contributed by atoms with Crippen LogP contribution in [0, 0.1) is 23.2 Å². The fourth-order valence-corrected chi connectivity index (χ4v) is 7.11. The number of rotatable bonds is 3. The third kappa shape index (κ3) is 2.78. The van der Waals surface area contributed by atoms with E-state index in [4.69, 9.17) is 0 Å². The lowest BCUT2D eigenvalue weighted by Crippen LogP contribution is -2.58. The summed E-state index contributed by atoms with van der Waals surface area (Å²) in [7, 11) is 0. The molecular weight excluding hydrogens is 348 g/mol. The zero-order valence-electron chi connectivity index (χ0n) is 16.6. The Balaban J connectivity index is 1.10. The lowest BCUT2D eigenvalue weighted by Gasteiger charge is -2.57. The summed E-state index contributed by atoms with van der Waals surface area (Å²) in [6.45, 7) is 4.57. The summed E-state index contributed by atoms with van der Waals surface area (Å²) in [5.41, 5.74) is 2.28. The topological polar surface area (TPSA) is 40.9 Å². The highest BCUT2D eigenvalue weighted by Gasteiger charge is 2.55. The van der Waals surface area contributed by atoms with E-state index < -0.39 is 0 Å². The van der Waals surface area contributed by atoms with E-state index in [-0.39, 0.29) is 5.41 Å². The first-order chi connectivity index (χ1) is 13.7. The second-order valence-corrected chi connectivity index (χ2v) is 9.97. The molecule has 7 rings (SSSR count). The maximum atomic E-state index is 13.5. The first-order valence-corrected chi connectivity index (χ1v) is 11.1. The van der Waals surface area contributed by atoms with Crippen LogP contribution in [0.2, 0.25) is 0 Å². The summed E-state index contributed by atoms with van der Waals surface area (Å²) >= 11 is 0. The maximum Gasteiger partial charge on any atom is 0.228 e. The number of carbonyl (C=O) groups excluding carboxylic acids is 1. The number of fused-ring (bicyclic) bond motifs is 1. The predicted octanol–water partition coefficient (Wildman–Crippen LogP) is 3.19. The van der Waals surface area contributed by atoms with Gasteiger partial charge in [0.2, 0.25) is 5.91 Å². The molecule has 5 nitrogen and oxygen atoms in total. The minimum Gasteiger partial charge on any atom is -0.340 e. The van der Waals surface area contributed by atoms with Gasteiger partial charge >= 0.3 is 0 Å². The van der Waals surface area contributed by atoms with Crippen LogP contribution in [0.1, 0.15) is 44.2 Å². The van der Waals surface area contributed by atoms with E-state index in [1.165, 1.54) is 38.5 Å². The molecule has 28 heavy (non-hydrogen) atoms. The van der Waals surface area contributed by atoms with Gasteiger partial charge in [-0.1, -0.05) is 6.07 Å². The van der Waals surface area contributed by atoms with Crippen molar-refractivity contribution in [2.75, 3.05) is 26.2 Å². The molecule has 3 heterocycles. The average molecular weight is 379 g/mol. The van der Waals surface area contributed by atoms with Crippen molar-refractivity contribution in [3.8, 4) is 0 Å². The smallest absolute Gasteiger partial charge is 0.228 e. The Morgan fingerprint density at radius 2 is 1.68 bits per heavy atom. The Hall–Kier alpha value is -1.88. The van der Waals surface area contributed by atoms with Gasteiger partial charge in [-0.25, -0.2) is 4.52 Å². The molecule has 0 atom stereocenters. The molecule has 0 N–H and O–H groups in total. The number of piperazine rings is 1. The Morgan fingerprint density at radius 1 is 1.00 bits per heavy atom. The highest BCUT2D eigenvalue weighted by Crippen LogP contribution is 2.60. The van der Waals surface area contributed by atoms with E-state index in [0.29, 0.717) is 5.91 Å². The summed E-state index contributed by atoms with van der Waals surface area (Å²) in [5, 5.41) is 4.68. The van der Waals surface area contributed by atoms with Crippen molar-refractivity contribution in [2.24, 2.45) is 23.2 Å². The number of hydrogen-bond acceptors (Lipinski definition) is 3. The molecule has 4 bridgehead atoms. The number of carbonyl (C=O) groups is 1. The van der Waals surface area contributed by atoms with Gasteiger partial charge in [0.05, 0.1) is 16.6 Å². The summed E-state index contributed by atoms with van der Waals surface area (Å²) in [6.07, 6.45) is 9.75. The van der Waals surface area contributed by atoms with Crippen LogP contribution in [0.3, 0.4) is 0 Å². The quantitative estimate of drug-likeness (QED) is 0.824. The van der Waals surface area contributed by atoms with Crippen LogP contribution in [0.4, 0.5) is 0 Å². The van der Waals surface area contributed by atoms with Gasteiger partial charge in [-0.15, -0.1) is 0 Å². The maximum absolute atomic E-state index is 13.5. The Bertz CT molecular complexity index is 827. The molecule has 0 unspecified atom stereocenters. The SMILES string of the molecule is O=C(N1CCN(Cc2cc3ccccn3n2)CC1)C12CC3CC(CC(C3)C1)C2. The first kappa shape index (κ1) is 17.0. The van der Waals surface area contributed by atoms with Crippen molar-refractivity contribution >= 4 is 11.4 Å². The highest BCUT2D eigenvalue weighted by atomic mass is 16.2.